The zero-order chi connectivity index (χ0) is 9.59. The molecule has 0 aromatic rings. The first-order valence-electron chi connectivity index (χ1n) is 4.39. The van der Waals surface area contributed by atoms with Crippen LogP contribution in [0.2, 0.25) is 0 Å². The number of piperidine rings is 1. The molecule has 2 aliphatic rings. The van der Waals surface area contributed by atoms with Gasteiger partial charge in [0.25, 0.3) is 0 Å². The van der Waals surface area contributed by atoms with Gasteiger partial charge in [0.05, 0.1) is 6.04 Å². The van der Waals surface area contributed by atoms with Crippen LogP contribution < -0.4 is 11.1 Å². The van der Waals surface area contributed by atoms with Gasteiger partial charge in [-0.25, -0.2) is 0 Å². The Bertz CT molecular complexity index is 266. The minimum Gasteiger partial charge on any atom is -0.326 e. The predicted octanol–water partition coefficient (Wildman–Crippen LogP) is -1.71. The van der Waals surface area contributed by atoms with Crippen molar-refractivity contribution in [1.82, 2.24) is 10.2 Å². The number of rotatable bonds is 0. The highest BCUT2D eigenvalue weighted by Gasteiger charge is 2.46. The molecule has 2 aliphatic heterocycles. The summed E-state index contributed by atoms with van der Waals surface area (Å²) < 4.78 is 0. The zero-order valence-corrected chi connectivity index (χ0v) is 7.49. The molecule has 13 heavy (non-hydrogen) atoms. The fourth-order valence-corrected chi connectivity index (χ4v) is 2.28. The lowest BCUT2D eigenvalue weighted by atomic mass is 9.89. The number of carbonyl (C=O) groups is 2. The van der Waals surface area contributed by atoms with E-state index in [-0.39, 0.29) is 29.8 Å². The summed E-state index contributed by atoms with van der Waals surface area (Å²) in [7, 11) is 1.86. The van der Waals surface area contributed by atoms with Crippen LogP contribution in [0.5, 0.6) is 0 Å². The lowest BCUT2D eigenvalue weighted by Crippen LogP contribution is -2.53. The standard InChI is InChI=1S/C8H13N3O2/c1-11-3-5(9)4-2-6(12)10-8(13)7(4)11/h4-5,7H,2-3,9H2,1H3,(H,10,12,13). The maximum absolute atomic E-state index is 11.4. The Morgan fingerprint density at radius 2 is 2.23 bits per heavy atom. The molecule has 3 unspecified atom stereocenters. The summed E-state index contributed by atoms with van der Waals surface area (Å²) in [4.78, 5) is 24.4. The van der Waals surface area contributed by atoms with Gasteiger partial charge in [0.1, 0.15) is 0 Å². The smallest absolute Gasteiger partial charge is 0.244 e. The first-order chi connectivity index (χ1) is 6.09. The van der Waals surface area contributed by atoms with Crippen LogP contribution >= 0.6 is 0 Å². The Morgan fingerprint density at radius 3 is 2.92 bits per heavy atom. The lowest BCUT2D eigenvalue weighted by Gasteiger charge is -2.28. The summed E-state index contributed by atoms with van der Waals surface area (Å²) in [6.45, 7) is 0.691. The van der Waals surface area contributed by atoms with Gasteiger partial charge >= 0.3 is 0 Å². The van der Waals surface area contributed by atoms with E-state index in [4.69, 9.17) is 5.73 Å². The van der Waals surface area contributed by atoms with E-state index in [0.29, 0.717) is 13.0 Å². The SMILES string of the molecule is CN1CC(N)C2CC(=O)NC(=O)C21. The highest BCUT2D eigenvalue weighted by Crippen LogP contribution is 2.27. The first-order valence-corrected chi connectivity index (χ1v) is 4.39. The molecular formula is C8H13N3O2. The highest BCUT2D eigenvalue weighted by molar-refractivity contribution is 6.01. The number of likely N-dealkylation sites (N-methyl/N-ethyl adjacent to an activating group) is 1. The third-order valence-corrected chi connectivity index (χ3v) is 2.88. The maximum Gasteiger partial charge on any atom is 0.244 e. The van der Waals surface area contributed by atoms with Crippen molar-refractivity contribution in [1.29, 1.82) is 0 Å². The molecule has 5 heteroatoms. The number of carbonyl (C=O) groups excluding carboxylic acids is 2. The molecule has 3 N–H and O–H groups in total. The molecule has 0 aromatic heterocycles. The number of likely N-dealkylation sites (tertiary alicyclic amines) is 1. The monoisotopic (exact) mass is 183 g/mol. The molecule has 0 aromatic carbocycles. The van der Waals surface area contributed by atoms with Gasteiger partial charge in [-0.15, -0.1) is 0 Å². The topological polar surface area (TPSA) is 75.4 Å². The van der Waals surface area contributed by atoms with Gasteiger partial charge in [0, 0.05) is 24.9 Å². The summed E-state index contributed by atoms with van der Waals surface area (Å²) in [5, 5.41) is 2.33. The average Bonchev–Trinajstić information content (AvgIpc) is 2.27. The quantitative estimate of drug-likeness (QED) is 0.438. The number of nitrogens with zero attached hydrogens (tertiary/aromatic N) is 1. The molecule has 2 saturated heterocycles. The van der Waals surface area contributed by atoms with Crippen LogP contribution in [0.4, 0.5) is 0 Å². The highest BCUT2D eigenvalue weighted by atomic mass is 16.2. The fraction of sp³-hybridized carbons (Fsp3) is 0.750. The third kappa shape index (κ3) is 1.24. The van der Waals surface area contributed by atoms with Crippen molar-refractivity contribution in [3.8, 4) is 0 Å². The Morgan fingerprint density at radius 1 is 1.54 bits per heavy atom. The van der Waals surface area contributed by atoms with Crippen LogP contribution in [0.15, 0.2) is 0 Å². The molecule has 0 radical (unpaired) electrons. The number of fused-ring (bicyclic) bond motifs is 1. The molecule has 72 valence electrons. The molecule has 2 amide bonds. The Balaban J connectivity index is 2.24. The van der Waals surface area contributed by atoms with Gasteiger partial charge in [0.2, 0.25) is 11.8 Å². The number of imide groups is 1. The lowest BCUT2D eigenvalue weighted by molar-refractivity contribution is -0.138. The van der Waals surface area contributed by atoms with E-state index >= 15 is 0 Å². The first kappa shape index (κ1) is 8.65. The van der Waals surface area contributed by atoms with Crippen LogP contribution in [0.3, 0.4) is 0 Å². The van der Waals surface area contributed by atoms with Gasteiger partial charge in [-0.1, -0.05) is 0 Å². The van der Waals surface area contributed by atoms with Crippen LogP contribution in [0.1, 0.15) is 6.42 Å². The third-order valence-electron chi connectivity index (χ3n) is 2.88. The summed E-state index contributed by atoms with van der Waals surface area (Å²) >= 11 is 0. The minimum absolute atomic E-state index is 0.00579. The van der Waals surface area contributed by atoms with Gasteiger partial charge in [-0.05, 0) is 7.05 Å². The second-order valence-electron chi connectivity index (χ2n) is 3.83. The van der Waals surface area contributed by atoms with E-state index in [0.717, 1.165) is 0 Å². The van der Waals surface area contributed by atoms with Crippen molar-refractivity contribution in [3.05, 3.63) is 0 Å². The van der Waals surface area contributed by atoms with E-state index in [1.165, 1.54) is 0 Å². The number of hydrogen-bond donors (Lipinski definition) is 2. The van der Waals surface area contributed by atoms with E-state index in [1.54, 1.807) is 0 Å². The van der Waals surface area contributed by atoms with Crippen molar-refractivity contribution in [2.45, 2.75) is 18.5 Å². The second-order valence-corrected chi connectivity index (χ2v) is 3.83. The van der Waals surface area contributed by atoms with Crippen molar-refractivity contribution in [2.24, 2.45) is 11.7 Å². The number of hydrogen-bond acceptors (Lipinski definition) is 4. The maximum atomic E-state index is 11.4. The summed E-state index contributed by atoms with van der Waals surface area (Å²) in [6.07, 6.45) is 0.377. The Labute approximate surface area is 76.3 Å². The van der Waals surface area contributed by atoms with Crippen LogP contribution in [0, 0.1) is 5.92 Å². The van der Waals surface area contributed by atoms with Gasteiger partial charge in [0.15, 0.2) is 0 Å². The van der Waals surface area contributed by atoms with E-state index in [1.807, 2.05) is 11.9 Å². The summed E-state index contributed by atoms with van der Waals surface area (Å²) in [5.41, 5.74) is 5.83. The molecule has 3 atom stereocenters. The molecular weight excluding hydrogens is 170 g/mol. The zero-order valence-electron chi connectivity index (χ0n) is 7.49. The molecule has 2 fully saturated rings. The van der Waals surface area contributed by atoms with Crippen molar-refractivity contribution >= 4 is 11.8 Å². The van der Waals surface area contributed by atoms with E-state index < -0.39 is 0 Å². The number of nitrogens with two attached hydrogens (primary N) is 1. The predicted molar refractivity (Wildman–Crippen MR) is 45.7 cm³/mol. The molecule has 0 saturated carbocycles. The second kappa shape index (κ2) is 2.78. The average molecular weight is 183 g/mol. The van der Waals surface area contributed by atoms with Gasteiger partial charge < -0.3 is 5.73 Å². The fourth-order valence-electron chi connectivity index (χ4n) is 2.28. The van der Waals surface area contributed by atoms with Crippen molar-refractivity contribution in [2.75, 3.05) is 13.6 Å². The molecule has 0 aliphatic carbocycles. The largest absolute Gasteiger partial charge is 0.326 e. The van der Waals surface area contributed by atoms with Crippen molar-refractivity contribution < 1.29 is 9.59 Å². The number of amides is 2. The van der Waals surface area contributed by atoms with E-state index in [9.17, 15) is 9.59 Å². The number of nitrogens with one attached hydrogen (secondary N) is 1. The van der Waals surface area contributed by atoms with Gasteiger partial charge in [-0.3, -0.25) is 19.8 Å². The van der Waals surface area contributed by atoms with Crippen LogP contribution in [-0.4, -0.2) is 42.4 Å². The summed E-state index contributed by atoms with van der Waals surface area (Å²) in [5.74, 6) is -0.389. The van der Waals surface area contributed by atoms with Crippen LogP contribution in [0.25, 0.3) is 0 Å². The summed E-state index contributed by atoms with van der Waals surface area (Å²) in [6, 6.07) is -0.252. The molecule has 2 rings (SSSR count). The Kier molecular flexibility index (Phi) is 1.85. The van der Waals surface area contributed by atoms with Crippen molar-refractivity contribution in [3.63, 3.8) is 0 Å². The molecule has 2 heterocycles. The van der Waals surface area contributed by atoms with E-state index in [2.05, 4.69) is 5.32 Å². The Hall–Kier alpha value is -0.940. The van der Waals surface area contributed by atoms with Gasteiger partial charge in [-0.2, -0.15) is 0 Å². The normalized spacial score (nSPS) is 40.3. The van der Waals surface area contributed by atoms with Crippen LogP contribution in [-0.2, 0) is 9.59 Å². The molecule has 0 bridgehead atoms. The minimum atomic E-state index is -0.201. The molecule has 0 spiro atoms. The molecule has 5 nitrogen and oxygen atoms in total.